The SMILES string of the molecule is Cc1nn(C)c2ncc(C(=O)NC3CCN(C(C)c4ccccc4)CC3)cc12. The maximum atomic E-state index is 12.7. The average molecular weight is 377 g/mol. The van der Waals surface area contributed by atoms with Crippen LogP contribution in [0.4, 0.5) is 0 Å². The van der Waals surface area contributed by atoms with E-state index < -0.39 is 0 Å². The zero-order valence-corrected chi connectivity index (χ0v) is 16.7. The smallest absolute Gasteiger partial charge is 0.253 e. The van der Waals surface area contributed by atoms with Crippen molar-refractivity contribution in [2.24, 2.45) is 7.05 Å². The molecule has 0 saturated carbocycles. The lowest BCUT2D eigenvalue weighted by molar-refractivity contribution is 0.0896. The molecule has 146 valence electrons. The molecular weight excluding hydrogens is 350 g/mol. The highest BCUT2D eigenvalue weighted by atomic mass is 16.1. The van der Waals surface area contributed by atoms with Crippen LogP contribution in [0.2, 0.25) is 0 Å². The maximum Gasteiger partial charge on any atom is 0.253 e. The molecule has 1 N–H and O–H groups in total. The van der Waals surface area contributed by atoms with Crippen molar-refractivity contribution in [3.05, 3.63) is 59.4 Å². The van der Waals surface area contributed by atoms with Gasteiger partial charge in [-0.05, 0) is 38.3 Å². The Labute approximate surface area is 165 Å². The fourth-order valence-electron chi connectivity index (χ4n) is 4.07. The fraction of sp³-hybridized carbons (Fsp3) is 0.409. The molecule has 2 aromatic heterocycles. The normalized spacial score (nSPS) is 17.0. The van der Waals surface area contributed by atoms with Gasteiger partial charge in [-0.3, -0.25) is 14.4 Å². The molecule has 1 aromatic carbocycles. The molecule has 3 aromatic rings. The molecule has 1 aliphatic heterocycles. The zero-order valence-electron chi connectivity index (χ0n) is 16.7. The summed E-state index contributed by atoms with van der Waals surface area (Å²) < 4.78 is 1.75. The number of aromatic nitrogens is 3. The molecule has 1 atom stereocenters. The van der Waals surface area contributed by atoms with Gasteiger partial charge in [0.15, 0.2) is 5.65 Å². The minimum absolute atomic E-state index is 0.0489. The van der Waals surface area contributed by atoms with Crippen molar-refractivity contribution < 1.29 is 4.79 Å². The fourth-order valence-corrected chi connectivity index (χ4v) is 4.07. The molecule has 0 radical (unpaired) electrons. The number of fused-ring (bicyclic) bond motifs is 1. The van der Waals surface area contributed by atoms with Gasteiger partial charge in [-0.1, -0.05) is 30.3 Å². The molecule has 4 rings (SSSR count). The van der Waals surface area contributed by atoms with Gasteiger partial charge in [0.1, 0.15) is 0 Å². The van der Waals surface area contributed by atoms with Crippen LogP contribution in [0.3, 0.4) is 0 Å². The Morgan fingerprint density at radius 3 is 2.64 bits per heavy atom. The van der Waals surface area contributed by atoms with Gasteiger partial charge >= 0.3 is 0 Å². The summed E-state index contributed by atoms with van der Waals surface area (Å²) in [7, 11) is 1.87. The molecular formula is C22H27N5O. The highest BCUT2D eigenvalue weighted by Crippen LogP contribution is 2.24. The number of benzene rings is 1. The summed E-state index contributed by atoms with van der Waals surface area (Å²) in [5, 5.41) is 8.50. The number of rotatable bonds is 4. The van der Waals surface area contributed by atoms with Gasteiger partial charge in [0.2, 0.25) is 0 Å². The average Bonchev–Trinajstić information content (AvgIpc) is 3.02. The molecule has 1 amide bonds. The first-order valence-electron chi connectivity index (χ1n) is 9.92. The van der Waals surface area contributed by atoms with E-state index in [2.05, 4.69) is 57.6 Å². The van der Waals surface area contributed by atoms with E-state index in [0.717, 1.165) is 42.7 Å². The Hall–Kier alpha value is -2.73. The second kappa shape index (κ2) is 7.72. The number of hydrogen-bond acceptors (Lipinski definition) is 4. The van der Waals surface area contributed by atoms with Crippen LogP contribution in [-0.2, 0) is 7.05 Å². The molecule has 1 aliphatic rings. The third-order valence-electron chi connectivity index (χ3n) is 5.82. The van der Waals surface area contributed by atoms with Gasteiger partial charge in [-0.25, -0.2) is 4.98 Å². The van der Waals surface area contributed by atoms with E-state index in [1.807, 2.05) is 20.0 Å². The van der Waals surface area contributed by atoms with E-state index in [1.165, 1.54) is 5.56 Å². The van der Waals surface area contributed by atoms with Gasteiger partial charge in [-0.15, -0.1) is 0 Å². The lowest BCUT2D eigenvalue weighted by atomic mass is 10.00. The standard InChI is InChI=1S/C22H27N5O/c1-15-20-13-18(14-23-21(20)26(3)25-15)22(28)24-19-9-11-27(12-10-19)16(2)17-7-5-4-6-8-17/h4-8,13-14,16,19H,9-12H2,1-3H3,(H,24,28). The van der Waals surface area contributed by atoms with Crippen molar-refractivity contribution in [1.82, 2.24) is 25.0 Å². The minimum atomic E-state index is -0.0489. The minimum Gasteiger partial charge on any atom is -0.349 e. The van der Waals surface area contributed by atoms with Crippen LogP contribution in [-0.4, -0.2) is 44.7 Å². The Balaban J connectivity index is 1.37. The molecule has 1 unspecified atom stereocenters. The van der Waals surface area contributed by atoms with Crippen molar-refractivity contribution in [2.45, 2.75) is 38.8 Å². The largest absolute Gasteiger partial charge is 0.349 e. The van der Waals surface area contributed by atoms with E-state index in [-0.39, 0.29) is 11.9 Å². The molecule has 1 saturated heterocycles. The van der Waals surface area contributed by atoms with Crippen molar-refractivity contribution in [3.8, 4) is 0 Å². The van der Waals surface area contributed by atoms with Crippen LogP contribution in [0.15, 0.2) is 42.6 Å². The van der Waals surface area contributed by atoms with E-state index in [1.54, 1.807) is 10.9 Å². The first-order valence-corrected chi connectivity index (χ1v) is 9.92. The Morgan fingerprint density at radius 1 is 1.21 bits per heavy atom. The molecule has 6 heteroatoms. The Morgan fingerprint density at radius 2 is 1.93 bits per heavy atom. The number of amides is 1. The van der Waals surface area contributed by atoms with Gasteiger partial charge in [0.05, 0.1) is 11.3 Å². The first kappa shape index (κ1) is 18.6. The molecule has 0 spiro atoms. The number of pyridine rings is 1. The van der Waals surface area contributed by atoms with Gasteiger partial charge in [0, 0.05) is 43.8 Å². The first-order chi connectivity index (χ1) is 13.5. The summed E-state index contributed by atoms with van der Waals surface area (Å²) in [6.07, 6.45) is 3.57. The van der Waals surface area contributed by atoms with Crippen LogP contribution in [0, 0.1) is 6.92 Å². The van der Waals surface area contributed by atoms with Crippen molar-refractivity contribution in [1.29, 1.82) is 0 Å². The summed E-state index contributed by atoms with van der Waals surface area (Å²) >= 11 is 0. The molecule has 0 bridgehead atoms. The highest BCUT2D eigenvalue weighted by Gasteiger charge is 2.25. The lowest BCUT2D eigenvalue weighted by Gasteiger charge is -2.36. The Kier molecular flexibility index (Phi) is 5.13. The van der Waals surface area contributed by atoms with Crippen LogP contribution in [0.1, 0.15) is 47.4 Å². The predicted octanol–water partition coefficient (Wildman–Crippen LogP) is 3.23. The lowest BCUT2D eigenvalue weighted by Crippen LogP contribution is -2.45. The predicted molar refractivity (Wildman–Crippen MR) is 110 cm³/mol. The van der Waals surface area contributed by atoms with Crippen LogP contribution < -0.4 is 5.32 Å². The third kappa shape index (κ3) is 3.64. The van der Waals surface area contributed by atoms with Crippen LogP contribution >= 0.6 is 0 Å². The number of aryl methyl sites for hydroxylation is 2. The molecule has 28 heavy (non-hydrogen) atoms. The van der Waals surface area contributed by atoms with E-state index >= 15 is 0 Å². The topological polar surface area (TPSA) is 63.1 Å². The Bertz CT molecular complexity index is 973. The van der Waals surface area contributed by atoms with E-state index in [4.69, 9.17) is 0 Å². The second-order valence-electron chi connectivity index (χ2n) is 7.67. The monoisotopic (exact) mass is 377 g/mol. The van der Waals surface area contributed by atoms with E-state index in [0.29, 0.717) is 11.6 Å². The molecule has 3 heterocycles. The maximum absolute atomic E-state index is 12.7. The molecule has 1 fully saturated rings. The van der Waals surface area contributed by atoms with Gasteiger partial charge in [-0.2, -0.15) is 5.10 Å². The third-order valence-corrected chi connectivity index (χ3v) is 5.82. The summed E-state index contributed by atoms with van der Waals surface area (Å²) in [5.74, 6) is -0.0489. The van der Waals surface area contributed by atoms with Crippen LogP contribution in [0.5, 0.6) is 0 Å². The van der Waals surface area contributed by atoms with Crippen molar-refractivity contribution in [2.75, 3.05) is 13.1 Å². The number of piperidine rings is 1. The van der Waals surface area contributed by atoms with Crippen molar-refractivity contribution >= 4 is 16.9 Å². The number of carbonyl (C=O) groups excluding carboxylic acids is 1. The number of carbonyl (C=O) groups is 1. The van der Waals surface area contributed by atoms with Gasteiger partial charge < -0.3 is 5.32 Å². The summed E-state index contributed by atoms with van der Waals surface area (Å²) in [4.78, 5) is 19.6. The molecule has 6 nitrogen and oxygen atoms in total. The second-order valence-corrected chi connectivity index (χ2v) is 7.67. The van der Waals surface area contributed by atoms with Crippen LogP contribution in [0.25, 0.3) is 11.0 Å². The number of likely N-dealkylation sites (tertiary alicyclic amines) is 1. The zero-order chi connectivity index (χ0) is 19.7. The molecule has 0 aliphatic carbocycles. The summed E-state index contributed by atoms with van der Waals surface area (Å²) in [6.45, 7) is 6.17. The summed E-state index contributed by atoms with van der Waals surface area (Å²) in [5.41, 5.74) is 3.64. The van der Waals surface area contributed by atoms with E-state index in [9.17, 15) is 4.79 Å². The quantitative estimate of drug-likeness (QED) is 0.758. The number of hydrogen-bond donors (Lipinski definition) is 1. The number of nitrogens with zero attached hydrogens (tertiary/aromatic N) is 4. The van der Waals surface area contributed by atoms with Gasteiger partial charge in [0.25, 0.3) is 5.91 Å². The summed E-state index contributed by atoms with van der Waals surface area (Å²) in [6, 6.07) is 13.1. The highest BCUT2D eigenvalue weighted by molar-refractivity contribution is 5.97. The van der Waals surface area contributed by atoms with Crippen molar-refractivity contribution in [3.63, 3.8) is 0 Å². The number of nitrogens with one attached hydrogen (secondary N) is 1.